The first-order valence-corrected chi connectivity index (χ1v) is 8.41. The standard InChI is InChI=1S/C18H19NOS/c1-2-21-17-9-4-3-8-16(17)18(20)19-15-11-10-13-6-5-7-14(13)12-15/h3-4,8-12H,2,5-7H2,1H3,(H,19,20). The SMILES string of the molecule is CCSc1ccccc1C(=O)Nc1ccc2c(c1)CCC2. The first kappa shape index (κ1) is 14.2. The highest BCUT2D eigenvalue weighted by Crippen LogP contribution is 2.26. The van der Waals surface area contributed by atoms with Gasteiger partial charge in [0.1, 0.15) is 0 Å². The van der Waals surface area contributed by atoms with Gasteiger partial charge in [0.25, 0.3) is 5.91 Å². The summed E-state index contributed by atoms with van der Waals surface area (Å²) in [6.07, 6.45) is 3.52. The molecule has 0 saturated heterocycles. The van der Waals surface area contributed by atoms with E-state index in [1.54, 1.807) is 11.8 Å². The highest BCUT2D eigenvalue weighted by atomic mass is 32.2. The molecule has 3 heteroatoms. The van der Waals surface area contributed by atoms with Crippen molar-refractivity contribution < 1.29 is 4.79 Å². The molecule has 1 aliphatic carbocycles. The van der Waals surface area contributed by atoms with Crippen LogP contribution >= 0.6 is 11.8 Å². The molecule has 108 valence electrons. The summed E-state index contributed by atoms with van der Waals surface area (Å²) in [5.41, 5.74) is 4.46. The molecule has 1 amide bonds. The third-order valence-corrected chi connectivity index (χ3v) is 4.74. The Balaban J connectivity index is 1.80. The Kier molecular flexibility index (Phi) is 4.30. The summed E-state index contributed by atoms with van der Waals surface area (Å²) in [5, 5.41) is 3.03. The summed E-state index contributed by atoms with van der Waals surface area (Å²) >= 11 is 1.70. The number of thioether (sulfide) groups is 1. The van der Waals surface area contributed by atoms with E-state index in [1.807, 2.05) is 30.3 Å². The van der Waals surface area contributed by atoms with Gasteiger partial charge in [-0.2, -0.15) is 0 Å². The number of hydrogen-bond acceptors (Lipinski definition) is 2. The van der Waals surface area contributed by atoms with Crippen LogP contribution in [0, 0.1) is 0 Å². The molecular formula is C18H19NOS. The molecule has 2 nitrogen and oxygen atoms in total. The lowest BCUT2D eigenvalue weighted by molar-refractivity contribution is 0.102. The van der Waals surface area contributed by atoms with Crippen LogP contribution in [-0.4, -0.2) is 11.7 Å². The normalized spacial score (nSPS) is 13.0. The summed E-state index contributed by atoms with van der Waals surface area (Å²) in [7, 11) is 0. The van der Waals surface area contributed by atoms with E-state index in [2.05, 4.69) is 24.4 Å². The van der Waals surface area contributed by atoms with Crippen LogP contribution in [0.15, 0.2) is 47.4 Å². The molecule has 2 aromatic rings. The third-order valence-electron chi connectivity index (χ3n) is 3.79. The van der Waals surface area contributed by atoms with Gasteiger partial charge in [-0.1, -0.05) is 25.1 Å². The van der Waals surface area contributed by atoms with E-state index in [-0.39, 0.29) is 5.91 Å². The largest absolute Gasteiger partial charge is 0.322 e. The minimum absolute atomic E-state index is 0.0236. The van der Waals surface area contributed by atoms with Crippen molar-refractivity contribution >= 4 is 23.4 Å². The van der Waals surface area contributed by atoms with E-state index >= 15 is 0 Å². The molecule has 0 spiro atoms. The summed E-state index contributed by atoms with van der Waals surface area (Å²) in [6, 6.07) is 14.1. The van der Waals surface area contributed by atoms with Crippen LogP contribution in [0.25, 0.3) is 0 Å². The second-order valence-corrected chi connectivity index (χ2v) is 6.53. The van der Waals surface area contributed by atoms with Gasteiger partial charge < -0.3 is 5.32 Å². The maximum Gasteiger partial charge on any atom is 0.256 e. The van der Waals surface area contributed by atoms with Crippen molar-refractivity contribution in [3.8, 4) is 0 Å². The van der Waals surface area contributed by atoms with Gasteiger partial charge in [-0.15, -0.1) is 11.8 Å². The number of carbonyl (C=O) groups is 1. The molecule has 0 aromatic heterocycles. The second kappa shape index (κ2) is 6.35. The van der Waals surface area contributed by atoms with E-state index in [1.165, 1.54) is 24.0 Å². The van der Waals surface area contributed by atoms with Gasteiger partial charge in [0, 0.05) is 10.6 Å². The summed E-state index contributed by atoms with van der Waals surface area (Å²) in [6.45, 7) is 2.10. The fourth-order valence-corrected chi connectivity index (χ4v) is 3.59. The van der Waals surface area contributed by atoms with Crippen LogP contribution in [0.2, 0.25) is 0 Å². The average molecular weight is 297 g/mol. The third kappa shape index (κ3) is 3.13. The summed E-state index contributed by atoms with van der Waals surface area (Å²) < 4.78 is 0. The van der Waals surface area contributed by atoms with Crippen LogP contribution in [0.4, 0.5) is 5.69 Å². The van der Waals surface area contributed by atoms with Crippen molar-refractivity contribution in [3.63, 3.8) is 0 Å². The predicted molar refractivity (Wildman–Crippen MR) is 89.3 cm³/mol. The number of hydrogen-bond donors (Lipinski definition) is 1. The number of amides is 1. The topological polar surface area (TPSA) is 29.1 Å². The fraction of sp³-hybridized carbons (Fsp3) is 0.278. The molecule has 0 unspecified atom stereocenters. The minimum Gasteiger partial charge on any atom is -0.322 e. The van der Waals surface area contributed by atoms with Crippen molar-refractivity contribution in [2.75, 3.05) is 11.1 Å². The van der Waals surface area contributed by atoms with E-state index in [4.69, 9.17) is 0 Å². The molecule has 0 radical (unpaired) electrons. The van der Waals surface area contributed by atoms with Crippen molar-refractivity contribution in [2.45, 2.75) is 31.1 Å². The summed E-state index contributed by atoms with van der Waals surface area (Å²) in [4.78, 5) is 13.5. The van der Waals surface area contributed by atoms with Crippen molar-refractivity contribution in [1.82, 2.24) is 0 Å². The zero-order valence-corrected chi connectivity index (χ0v) is 13.0. The molecule has 3 rings (SSSR count). The number of nitrogens with one attached hydrogen (secondary N) is 1. The maximum atomic E-state index is 12.5. The monoisotopic (exact) mass is 297 g/mol. The number of fused-ring (bicyclic) bond motifs is 1. The van der Waals surface area contributed by atoms with Crippen molar-refractivity contribution in [1.29, 1.82) is 0 Å². The smallest absolute Gasteiger partial charge is 0.256 e. The van der Waals surface area contributed by atoms with E-state index in [9.17, 15) is 4.79 Å². The van der Waals surface area contributed by atoms with E-state index in [0.717, 1.165) is 28.3 Å². The van der Waals surface area contributed by atoms with Gasteiger partial charge in [-0.25, -0.2) is 0 Å². The van der Waals surface area contributed by atoms with E-state index in [0.29, 0.717) is 0 Å². The molecule has 2 aromatic carbocycles. The molecule has 0 atom stereocenters. The molecule has 0 fully saturated rings. The van der Waals surface area contributed by atoms with Gasteiger partial charge in [0.2, 0.25) is 0 Å². The molecule has 0 saturated carbocycles. The number of rotatable bonds is 4. The zero-order valence-electron chi connectivity index (χ0n) is 12.2. The number of anilines is 1. The highest BCUT2D eigenvalue weighted by molar-refractivity contribution is 7.99. The quantitative estimate of drug-likeness (QED) is 0.839. The van der Waals surface area contributed by atoms with Crippen molar-refractivity contribution in [2.24, 2.45) is 0 Å². The first-order valence-electron chi connectivity index (χ1n) is 7.43. The Morgan fingerprint density at radius 2 is 1.95 bits per heavy atom. The second-order valence-electron chi connectivity index (χ2n) is 5.22. The maximum absolute atomic E-state index is 12.5. The molecule has 0 aliphatic heterocycles. The van der Waals surface area contributed by atoms with Crippen LogP contribution in [0.5, 0.6) is 0 Å². The molecule has 21 heavy (non-hydrogen) atoms. The zero-order chi connectivity index (χ0) is 14.7. The molecule has 0 heterocycles. The molecular weight excluding hydrogens is 278 g/mol. The molecule has 1 aliphatic rings. The number of aryl methyl sites for hydroxylation is 2. The highest BCUT2D eigenvalue weighted by Gasteiger charge is 2.14. The Morgan fingerprint density at radius 3 is 2.81 bits per heavy atom. The van der Waals surface area contributed by atoms with Gasteiger partial charge in [-0.3, -0.25) is 4.79 Å². The lowest BCUT2D eigenvalue weighted by atomic mass is 10.1. The van der Waals surface area contributed by atoms with Gasteiger partial charge in [0.05, 0.1) is 5.56 Å². The van der Waals surface area contributed by atoms with Gasteiger partial charge in [0.15, 0.2) is 0 Å². The van der Waals surface area contributed by atoms with Gasteiger partial charge in [-0.05, 0) is 60.4 Å². The molecule has 0 bridgehead atoms. The predicted octanol–water partition coefficient (Wildman–Crippen LogP) is 4.54. The lowest BCUT2D eigenvalue weighted by Crippen LogP contribution is -2.13. The first-order chi connectivity index (χ1) is 10.3. The van der Waals surface area contributed by atoms with Gasteiger partial charge >= 0.3 is 0 Å². The molecule has 1 N–H and O–H groups in total. The fourth-order valence-electron chi connectivity index (χ4n) is 2.78. The van der Waals surface area contributed by atoms with Crippen LogP contribution in [0.1, 0.15) is 34.8 Å². The number of carbonyl (C=O) groups excluding carboxylic acids is 1. The van der Waals surface area contributed by atoms with E-state index < -0.39 is 0 Å². The lowest BCUT2D eigenvalue weighted by Gasteiger charge is -2.10. The van der Waals surface area contributed by atoms with Crippen LogP contribution < -0.4 is 5.32 Å². The summed E-state index contributed by atoms with van der Waals surface area (Å²) in [5.74, 6) is 0.938. The Morgan fingerprint density at radius 1 is 1.14 bits per heavy atom. The van der Waals surface area contributed by atoms with Crippen LogP contribution in [0.3, 0.4) is 0 Å². The Bertz CT molecular complexity index is 666. The Labute approximate surface area is 130 Å². The number of benzene rings is 2. The van der Waals surface area contributed by atoms with Crippen molar-refractivity contribution in [3.05, 3.63) is 59.2 Å². The average Bonchev–Trinajstić information content (AvgIpc) is 2.95. The Hall–Kier alpha value is -1.74. The minimum atomic E-state index is -0.0236. The van der Waals surface area contributed by atoms with Crippen LogP contribution in [-0.2, 0) is 12.8 Å².